The van der Waals surface area contributed by atoms with Crippen molar-refractivity contribution in [3.8, 4) is 5.75 Å². The SMILES string of the molecule is COCC1=CCN(C(=O)c2cccc(N)c2OC)CC1. The minimum atomic E-state index is -0.0538. The van der Waals surface area contributed by atoms with E-state index in [9.17, 15) is 4.79 Å². The van der Waals surface area contributed by atoms with Crippen LogP contribution in [-0.4, -0.2) is 44.7 Å². The van der Waals surface area contributed by atoms with Crippen molar-refractivity contribution in [1.82, 2.24) is 4.90 Å². The van der Waals surface area contributed by atoms with Crippen LogP contribution in [0.25, 0.3) is 0 Å². The third-order valence-electron chi connectivity index (χ3n) is 3.40. The van der Waals surface area contributed by atoms with Gasteiger partial charge in [0.25, 0.3) is 5.91 Å². The van der Waals surface area contributed by atoms with Crippen molar-refractivity contribution >= 4 is 11.6 Å². The quantitative estimate of drug-likeness (QED) is 0.671. The molecule has 1 aliphatic heterocycles. The molecule has 5 nitrogen and oxygen atoms in total. The molecule has 1 heterocycles. The summed E-state index contributed by atoms with van der Waals surface area (Å²) in [6, 6.07) is 5.23. The zero-order chi connectivity index (χ0) is 14.5. The predicted molar refractivity (Wildman–Crippen MR) is 77.9 cm³/mol. The number of hydrogen-bond acceptors (Lipinski definition) is 4. The average Bonchev–Trinajstić information content (AvgIpc) is 2.47. The summed E-state index contributed by atoms with van der Waals surface area (Å²) in [5.74, 6) is 0.394. The Morgan fingerprint density at radius 3 is 2.80 bits per heavy atom. The lowest BCUT2D eigenvalue weighted by Gasteiger charge is -2.27. The Balaban J connectivity index is 2.15. The monoisotopic (exact) mass is 276 g/mol. The Morgan fingerprint density at radius 1 is 1.40 bits per heavy atom. The zero-order valence-corrected chi connectivity index (χ0v) is 11.9. The van der Waals surface area contributed by atoms with Crippen LogP contribution in [0.4, 0.5) is 5.69 Å². The number of hydrogen-bond donors (Lipinski definition) is 1. The number of anilines is 1. The minimum Gasteiger partial charge on any atom is -0.494 e. The van der Waals surface area contributed by atoms with E-state index in [4.69, 9.17) is 15.2 Å². The fourth-order valence-electron chi connectivity index (χ4n) is 2.33. The largest absolute Gasteiger partial charge is 0.494 e. The third kappa shape index (κ3) is 2.93. The van der Waals surface area contributed by atoms with Gasteiger partial charge in [-0.3, -0.25) is 4.79 Å². The first-order chi connectivity index (χ1) is 9.67. The van der Waals surface area contributed by atoms with Gasteiger partial charge in [-0.2, -0.15) is 0 Å². The van der Waals surface area contributed by atoms with Crippen molar-refractivity contribution < 1.29 is 14.3 Å². The molecular formula is C15H20N2O3. The molecule has 0 radical (unpaired) electrons. The molecule has 108 valence electrons. The van der Waals surface area contributed by atoms with Crippen LogP contribution in [-0.2, 0) is 4.74 Å². The summed E-state index contributed by atoms with van der Waals surface area (Å²) in [5, 5.41) is 0. The van der Waals surface area contributed by atoms with Gasteiger partial charge in [-0.1, -0.05) is 12.1 Å². The number of carbonyl (C=O) groups is 1. The van der Waals surface area contributed by atoms with Gasteiger partial charge in [-0.25, -0.2) is 0 Å². The Labute approximate surface area is 119 Å². The maximum absolute atomic E-state index is 12.5. The summed E-state index contributed by atoms with van der Waals surface area (Å²) in [7, 11) is 3.20. The highest BCUT2D eigenvalue weighted by molar-refractivity contribution is 5.98. The van der Waals surface area contributed by atoms with Crippen molar-refractivity contribution in [1.29, 1.82) is 0 Å². The van der Waals surface area contributed by atoms with Crippen molar-refractivity contribution in [2.75, 3.05) is 39.6 Å². The van der Waals surface area contributed by atoms with Gasteiger partial charge in [-0.05, 0) is 24.1 Å². The number of benzene rings is 1. The van der Waals surface area contributed by atoms with Crippen LogP contribution in [0.5, 0.6) is 5.75 Å². The molecule has 0 unspecified atom stereocenters. The van der Waals surface area contributed by atoms with Crippen LogP contribution in [0.15, 0.2) is 29.8 Å². The first-order valence-electron chi connectivity index (χ1n) is 6.56. The number of ether oxygens (including phenoxy) is 2. The van der Waals surface area contributed by atoms with Gasteiger partial charge >= 0.3 is 0 Å². The van der Waals surface area contributed by atoms with Crippen LogP contribution in [0.2, 0.25) is 0 Å². The van der Waals surface area contributed by atoms with Crippen LogP contribution < -0.4 is 10.5 Å². The fraction of sp³-hybridized carbons (Fsp3) is 0.400. The summed E-state index contributed by atoms with van der Waals surface area (Å²) in [6.45, 7) is 1.91. The van der Waals surface area contributed by atoms with Gasteiger partial charge in [-0.15, -0.1) is 0 Å². The lowest BCUT2D eigenvalue weighted by Crippen LogP contribution is -2.35. The second-order valence-electron chi connectivity index (χ2n) is 4.72. The van der Waals surface area contributed by atoms with E-state index in [0.717, 1.165) is 6.42 Å². The lowest BCUT2D eigenvalue weighted by atomic mass is 10.1. The van der Waals surface area contributed by atoms with Crippen molar-refractivity contribution in [3.05, 3.63) is 35.4 Å². The summed E-state index contributed by atoms with van der Waals surface area (Å²) < 4.78 is 10.3. The Bertz CT molecular complexity index is 526. The van der Waals surface area contributed by atoms with Crippen LogP contribution in [0.1, 0.15) is 16.8 Å². The molecule has 1 aromatic rings. The number of carbonyl (C=O) groups excluding carboxylic acids is 1. The molecule has 1 amide bonds. The molecule has 0 bridgehead atoms. The highest BCUT2D eigenvalue weighted by Crippen LogP contribution is 2.27. The summed E-state index contributed by atoms with van der Waals surface area (Å²) in [5.41, 5.74) is 8.06. The fourth-order valence-corrected chi connectivity index (χ4v) is 2.33. The Hall–Kier alpha value is -2.01. The molecule has 1 aliphatic rings. The van der Waals surface area contributed by atoms with Crippen molar-refractivity contribution in [3.63, 3.8) is 0 Å². The summed E-state index contributed by atoms with van der Waals surface area (Å²) in [4.78, 5) is 14.3. The number of rotatable bonds is 4. The molecule has 2 rings (SSSR count). The zero-order valence-electron chi connectivity index (χ0n) is 11.9. The van der Waals surface area contributed by atoms with Crippen LogP contribution >= 0.6 is 0 Å². The maximum atomic E-state index is 12.5. The molecule has 1 aromatic carbocycles. The number of nitrogens with two attached hydrogens (primary N) is 1. The number of methoxy groups -OCH3 is 2. The van der Waals surface area contributed by atoms with Gasteiger partial charge < -0.3 is 20.1 Å². The molecule has 0 spiro atoms. The van der Waals surface area contributed by atoms with Gasteiger partial charge in [0.2, 0.25) is 0 Å². The van der Waals surface area contributed by atoms with Gasteiger partial charge in [0.05, 0.1) is 25.0 Å². The van der Waals surface area contributed by atoms with E-state index < -0.39 is 0 Å². The first kappa shape index (κ1) is 14.4. The van der Waals surface area contributed by atoms with Gasteiger partial charge in [0.15, 0.2) is 5.75 Å². The average molecular weight is 276 g/mol. The number of amides is 1. The second-order valence-corrected chi connectivity index (χ2v) is 4.72. The van der Waals surface area contributed by atoms with Gasteiger partial charge in [0, 0.05) is 20.2 Å². The van der Waals surface area contributed by atoms with E-state index in [1.165, 1.54) is 12.7 Å². The topological polar surface area (TPSA) is 64.8 Å². The lowest BCUT2D eigenvalue weighted by molar-refractivity contribution is 0.0761. The standard InChI is InChI=1S/C15H20N2O3/c1-19-10-11-6-8-17(9-7-11)15(18)12-4-3-5-13(16)14(12)20-2/h3-6H,7-10,16H2,1-2H3. The summed E-state index contributed by atoms with van der Waals surface area (Å²) in [6.07, 6.45) is 2.88. The molecule has 0 aliphatic carbocycles. The van der Waals surface area contributed by atoms with Crippen molar-refractivity contribution in [2.24, 2.45) is 0 Å². The van der Waals surface area contributed by atoms with E-state index in [2.05, 4.69) is 0 Å². The van der Waals surface area contributed by atoms with E-state index in [0.29, 0.717) is 36.7 Å². The maximum Gasteiger partial charge on any atom is 0.257 e. The molecular weight excluding hydrogens is 256 g/mol. The molecule has 2 N–H and O–H groups in total. The van der Waals surface area contributed by atoms with Crippen LogP contribution in [0, 0.1) is 0 Å². The van der Waals surface area contributed by atoms with E-state index >= 15 is 0 Å². The van der Waals surface area contributed by atoms with Crippen LogP contribution in [0.3, 0.4) is 0 Å². The molecule has 0 saturated heterocycles. The predicted octanol–water partition coefficient (Wildman–Crippen LogP) is 1.70. The highest BCUT2D eigenvalue weighted by atomic mass is 16.5. The van der Waals surface area contributed by atoms with E-state index in [1.807, 2.05) is 6.08 Å². The minimum absolute atomic E-state index is 0.0538. The highest BCUT2D eigenvalue weighted by Gasteiger charge is 2.22. The van der Waals surface area contributed by atoms with E-state index in [1.54, 1.807) is 30.2 Å². The number of nitrogen functional groups attached to an aromatic ring is 1. The summed E-state index contributed by atoms with van der Waals surface area (Å²) >= 11 is 0. The molecule has 5 heteroatoms. The molecule has 0 fully saturated rings. The Morgan fingerprint density at radius 2 is 2.20 bits per heavy atom. The van der Waals surface area contributed by atoms with E-state index in [-0.39, 0.29) is 5.91 Å². The molecule has 0 saturated carbocycles. The second kappa shape index (κ2) is 6.43. The smallest absolute Gasteiger partial charge is 0.257 e. The number of para-hydroxylation sites is 1. The normalized spacial score (nSPS) is 14.9. The molecule has 0 aromatic heterocycles. The Kier molecular flexibility index (Phi) is 4.63. The van der Waals surface area contributed by atoms with Crippen molar-refractivity contribution in [2.45, 2.75) is 6.42 Å². The number of nitrogens with zero attached hydrogens (tertiary/aromatic N) is 1. The third-order valence-corrected chi connectivity index (χ3v) is 3.40. The molecule has 20 heavy (non-hydrogen) atoms. The van der Waals surface area contributed by atoms with Gasteiger partial charge in [0.1, 0.15) is 0 Å². The molecule has 0 atom stereocenters. The first-order valence-corrected chi connectivity index (χ1v) is 6.56.